The minimum Gasteiger partial charge on any atom is -0.444 e. The highest BCUT2D eigenvalue weighted by Gasteiger charge is 2.34. The van der Waals surface area contributed by atoms with Crippen LogP contribution in [0, 0.1) is 0 Å². The topological polar surface area (TPSA) is 41.6 Å². The molecule has 0 unspecified atom stereocenters. The third-order valence-electron chi connectivity index (χ3n) is 3.22. The number of amides is 1. The van der Waals surface area contributed by atoms with Crippen LogP contribution in [0.2, 0.25) is 0 Å². The van der Waals surface area contributed by atoms with E-state index < -0.39 is 5.60 Å². The van der Waals surface area contributed by atoms with Crippen molar-refractivity contribution in [3.8, 4) is 0 Å². The van der Waals surface area contributed by atoms with Crippen molar-refractivity contribution >= 4 is 29.0 Å². The van der Waals surface area contributed by atoms with Crippen molar-refractivity contribution in [3.05, 3.63) is 30.3 Å². The van der Waals surface area contributed by atoms with Gasteiger partial charge in [0.25, 0.3) is 0 Å². The minimum absolute atomic E-state index is 0.0879. The molecule has 0 saturated carbocycles. The number of hydrogen-bond acceptors (Lipinski definition) is 3. The number of benzene rings is 1. The summed E-state index contributed by atoms with van der Waals surface area (Å²) in [4.78, 5) is 14.6. The number of nitrogens with zero attached hydrogens (tertiary/aromatic N) is 1. The van der Waals surface area contributed by atoms with Gasteiger partial charge in [0.15, 0.2) is 0 Å². The van der Waals surface area contributed by atoms with Gasteiger partial charge in [-0.15, -0.1) is 0 Å². The van der Waals surface area contributed by atoms with Gasteiger partial charge in [0.1, 0.15) is 10.6 Å². The molecule has 1 aliphatic heterocycles. The van der Waals surface area contributed by atoms with E-state index in [2.05, 4.69) is 5.32 Å². The first-order chi connectivity index (χ1) is 9.87. The summed E-state index contributed by atoms with van der Waals surface area (Å²) in [6.07, 6.45) is 1.53. The van der Waals surface area contributed by atoms with Crippen molar-refractivity contribution in [2.24, 2.45) is 0 Å². The number of thiocarbonyl (C=S) groups is 1. The number of carbonyl (C=O) groups is 1. The fourth-order valence-corrected chi connectivity index (χ4v) is 2.69. The van der Waals surface area contributed by atoms with E-state index in [0.29, 0.717) is 11.5 Å². The standard InChI is InChI=1S/C16H22N2O2S/c1-16(2,3)20-15(19)18-11-7-10-13(18)14(21)17-12-8-5-4-6-9-12/h4-6,8-9,13H,7,10-11H2,1-3H3,(H,17,21)/t13-/m1/s1. The highest BCUT2D eigenvalue weighted by Crippen LogP contribution is 2.22. The molecule has 1 amide bonds. The molecule has 0 radical (unpaired) electrons. The number of carbonyl (C=O) groups excluding carboxylic acids is 1. The summed E-state index contributed by atoms with van der Waals surface area (Å²) >= 11 is 5.47. The zero-order chi connectivity index (χ0) is 15.5. The van der Waals surface area contributed by atoms with Crippen LogP contribution in [0.15, 0.2) is 30.3 Å². The van der Waals surface area contributed by atoms with Gasteiger partial charge in [-0.2, -0.15) is 0 Å². The molecule has 4 nitrogen and oxygen atoms in total. The molecule has 1 saturated heterocycles. The van der Waals surface area contributed by atoms with Crippen molar-refractivity contribution in [1.29, 1.82) is 0 Å². The number of likely N-dealkylation sites (tertiary alicyclic amines) is 1. The van der Waals surface area contributed by atoms with Crippen LogP contribution in [-0.2, 0) is 4.74 Å². The van der Waals surface area contributed by atoms with E-state index in [1.165, 1.54) is 0 Å². The predicted octanol–water partition coefficient (Wildman–Crippen LogP) is 3.83. The fourth-order valence-electron chi connectivity index (χ4n) is 2.33. The molecule has 1 aromatic rings. The van der Waals surface area contributed by atoms with Crippen molar-refractivity contribution in [1.82, 2.24) is 4.90 Å². The second kappa shape index (κ2) is 6.43. The molecule has 1 N–H and O–H groups in total. The SMILES string of the molecule is CC(C)(C)OC(=O)N1CCC[C@@H]1C(=S)Nc1ccccc1. The Morgan fingerprint density at radius 3 is 2.62 bits per heavy atom. The van der Waals surface area contributed by atoms with Gasteiger partial charge in [-0.3, -0.25) is 4.90 Å². The van der Waals surface area contributed by atoms with E-state index >= 15 is 0 Å². The largest absolute Gasteiger partial charge is 0.444 e. The molecule has 1 aromatic carbocycles. The molecule has 5 heteroatoms. The molecule has 114 valence electrons. The molecule has 21 heavy (non-hydrogen) atoms. The first-order valence-electron chi connectivity index (χ1n) is 7.22. The molecule has 1 fully saturated rings. The van der Waals surface area contributed by atoms with Crippen molar-refractivity contribution in [2.75, 3.05) is 11.9 Å². The van der Waals surface area contributed by atoms with E-state index in [1.54, 1.807) is 4.90 Å². The van der Waals surface area contributed by atoms with Gasteiger partial charge in [-0.1, -0.05) is 30.4 Å². The number of rotatable bonds is 2. The zero-order valence-electron chi connectivity index (χ0n) is 12.8. The van der Waals surface area contributed by atoms with E-state index in [1.807, 2.05) is 51.1 Å². The smallest absolute Gasteiger partial charge is 0.410 e. The molecule has 1 aliphatic rings. The first-order valence-corrected chi connectivity index (χ1v) is 7.63. The second-order valence-corrected chi connectivity index (χ2v) is 6.63. The van der Waals surface area contributed by atoms with Crippen LogP contribution in [-0.4, -0.2) is 34.2 Å². The molecular weight excluding hydrogens is 284 g/mol. The summed E-state index contributed by atoms with van der Waals surface area (Å²) in [5.41, 5.74) is 0.456. The number of ether oxygens (including phenoxy) is 1. The maximum absolute atomic E-state index is 12.2. The average molecular weight is 306 g/mol. The van der Waals surface area contributed by atoms with E-state index in [-0.39, 0.29) is 12.1 Å². The maximum Gasteiger partial charge on any atom is 0.410 e. The Morgan fingerprint density at radius 2 is 2.00 bits per heavy atom. The Balaban J connectivity index is 2.01. The third-order valence-corrected chi connectivity index (χ3v) is 3.60. The van der Waals surface area contributed by atoms with Crippen LogP contribution in [0.1, 0.15) is 33.6 Å². The van der Waals surface area contributed by atoms with Gasteiger partial charge < -0.3 is 10.1 Å². The van der Waals surface area contributed by atoms with Crippen LogP contribution in [0.3, 0.4) is 0 Å². The fraction of sp³-hybridized carbons (Fsp3) is 0.500. The van der Waals surface area contributed by atoms with Gasteiger partial charge in [-0.25, -0.2) is 4.79 Å². The Morgan fingerprint density at radius 1 is 1.33 bits per heavy atom. The highest BCUT2D eigenvalue weighted by atomic mass is 32.1. The lowest BCUT2D eigenvalue weighted by molar-refractivity contribution is 0.0267. The molecular formula is C16H22N2O2S. The van der Waals surface area contributed by atoms with Gasteiger partial charge in [0.2, 0.25) is 0 Å². The van der Waals surface area contributed by atoms with Crippen LogP contribution >= 0.6 is 12.2 Å². The minimum atomic E-state index is -0.487. The zero-order valence-corrected chi connectivity index (χ0v) is 13.6. The summed E-state index contributed by atoms with van der Waals surface area (Å²) < 4.78 is 5.45. The molecule has 0 bridgehead atoms. The monoisotopic (exact) mass is 306 g/mol. The lowest BCUT2D eigenvalue weighted by Gasteiger charge is -2.29. The van der Waals surface area contributed by atoms with Crippen molar-refractivity contribution < 1.29 is 9.53 Å². The van der Waals surface area contributed by atoms with Crippen LogP contribution in [0.25, 0.3) is 0 Å². The molecule has 0 aliphatic carbocycles. The second-order valence-electron chi connectivity index (χ2n) is 6.19. The quantitative estimate of drug-likeness (QED) is 0.843. The third kappa shape index (κ3) is 4.43. The van der Waals surface area contributed by atoms with Crippen LogP contribution in [0.5, 0.6) is 0 Å². The Bertz CT molecular complexity index is 511. The van der Waals surface area contributed by atoms with Gasteiger partial charge in [0, 0.05) is 12.2 Å². The Labute approximate surface area is 131 Å². The lowest BCUT2D eigenvalue weighted by atomic mass is 10.2. The predicted molar refractivity (Wildman–Crippen MR) is 88.6 cm³/mol. The summed E-state index contributed by atoms with van der Waals surface area (Å²) in [7, 11) is 0. The molecule has 1 atom stereocenters. The normalized spacial score (nSPS) is 18.4. The van der Waals surface area contributed by atoms with E-state index in [4.69, 9.17) is 17.0 Å². The van der Waals surface area contributed by atoms with Gasteiger partial charge >= 0.3 is 6.09 Å². The van der Waals surface area contributed by atoms with Crippen LogP contribution in [0.4, 0.5) is 10.5 Å². The van der Waals surface area contributed by atoms with Crippen molar-refractivity contribution in [3.63, 3.8) is 0 Å². The Kier molecular flexibility index (Phi) is 4.83. The number of nitrogens with one attached hydrogen (secondary N) is 1. The summed E-state index contributed by atoms with van der Waals surface area (Å²) in [5.74, 6) is 0. The molecule has 1 heterocycles. The van der Waals surface area contributed by atoms with E-state index in [9.17, 15) is 4.79 Å². The highest BCUT2D eigenvalue weighted by molar-refractivity contribution is 7.80. The summed E-state index contributed by atoms with van der Waals surface area (Å²) in [6.45, 7) is 6.31. The first kappa shape index (κ1) is 15.8. The van der Waals surface area contributed by atoms with E-state index in [0.717, 1.165) is 18.5 Å². The van der Waals surface area contributed by atoms with Crippen molar-refractivity contribution in [2.45, 2.75) is 45.3 Å². The van der Waals surface area contributed by atoms with Crippen LogP contribution < -0.4 is 5.32 Å². The summed E-state index contributed by atoms with van der Waals surface area (Å²) in [5, 5.41) is 3.21. The van der Waals surface area contributed by atoms with Gasteiger partial charge in [-0.05, 0) is 45.7 Å². The average Bonchev–Trinajstić information content (AvgIpc) is 2.87. The molecule has 0 spiro atoms. The molecule has 0 aromatic heterocycles. The lowest BCUT2D eigenvalue weighted by Crippen LogP contribution is -2.44. The maximum atomic E-state index is 12.2. The number of para-hydroxylation sites is 1. The number of anilines is 1. The molecule has 2 rings (SSSR count). The summed E-state index contributed by atoms with van der Waals surface area (Å²) in [6, 6.07) is 9.68. The number of hydrogen-bond donors (Lipinski definition) is 1. The van der Waals surface area contributed by atoms with Gasteiger partial charge in [0.05, 0.1) is 6.04 Å². The Hall–Kier alpha value is -1.62.